The van der Waals surface area contributed by atoms with Crippen LogP contribution >= 0.6 is 0 Å². The van der Waals surface area contributed by atoms with Crippen molar-refractivity contribution in [3.63, 3.8) is 0 Å². The smallest absolute Gasteiger partial charge is 0.0403 e. The first kappa shape index (κ1) is 23.0. The number of piperazine rings is 1. The van der Waals surface area contributed by atoms with Crippen molar-refractivity contribution in [2.45, 2.75) is 92.4 Å². The first-order valence-corrected chi connectivity index (χ1v) is 9.71. The summed E-state index contributed by atoms with van der Waals surface area (Å²) in [5, 5.41) is 3.50. The van der Waals surface area contributed by atoms with Crippen LogP contribution in [0.2, 0.25) is 0 Å². The second kappa shape index (κ2) is 9.23. The van der Waals surface area contributed by atoms with E-state index in [9.17, 15) is 0 Å². The highest BCUT2D eigenvalue weighted by molar-refractivity contribution is 5.57. The highest BCUT2D eigenvalue weighted by Crippen LogP contribution is 2.32. The number of likely N-dealkylation sites (tertiary alicyclic amines) is 1. The van der Waals surface area contributed by atoms with Crippen LogP contribution in [0.5, 0.6) is 0 Å². The molecule has 3 heteroatoms. The molecule has 1 aromatic rings. The Labute approximate surface area is 163 Å². The Balaban J connectivity index is 0.000000252. The molecule has 0 radical (unpaired) electrons. The first-order chi connectivity index (χ1) is 11.4. The minimum Gasteiger partial charge on any atom is -0.366 e. The fourth-order valence-corrected chi connectivity index (χ4v) is 4.46. The summed E-state index contributed by atoms with van der Waals surface area (Å²) in [4.78, 5) is 5.13. The third-order valence-electron chi connectivity index (χ3n) is 5.68. The standard InChI is InChI=1S/C13H19N.C8H16N2.2CH4/c1-13(2,3)14-10-6-8-11-7-4-5-9-12(11)14;1-6(2)10-5-7-3-8(10)4-9-7;;/h4-5,7,9H,6,8,10H2,1-3H3;6-9H,3-5H2,1-2H3;2*1H4/t;7-,8-;;/m.1../s1. The van der Waals surface area contributed by atoms with Gasteiger partial charge in [-0.15, -0.1) is 0 Å². The number of para-hydroxylation sites is 1. The lowest BCUT2D eigenvalue weighted by atomic mass is 9.96. The Hall–Kier alpha value is -1.06. The summed E-state index contributed by atoms with van der Waals surface area (Å²) >= 11 is 0. The molecule has 0 amide bonds. The molecule has 2 fully saturated rings. The fraction of sp³-hybridized carbons (Fsp3) is 0.739. The van der Waals surface area contributed by atoms with Crippen molar-refractivity contribution < 1.29 is 0 Å². The van der Waals surface area contributed by atoms with Gasteiger partial charge in [-0.3, -0.25) is 4.90 Å². The van der Waals surface area contributed by atoms with E-state index in [1.165, 1.54) is 50.1 Å². The maximum atomic E-state index is 3.50. The molecular formula is C23H43N3. The molecule has 0 unspecified atom stereocenters. The Morgan fingerprint density at radius 2 is 1.81 bits per heavy atom. The van der Waals surface area contributed by atoms with Crippen molar-refractivity contribution in [2.75, 3.05) is 24.5 Å². The Bertz CT molecular complexity index is 547. The maximum Gasteiger partial charge on any atom is 0.0403 e. The average Bonchev–Trinajstić information content (AvgIpc) is 3.17. The van der Waals surface area contributed by atoms with Crippen molar-refractivity contribution in [1.82, 2.24) is 10.2 Å². The predicted octanol–water partition coefficient (Wildman–Crippen LogP) is 4.95. The van der Waals surface area contributed by atoms with Crippen LogP contribution in [-0.4, -0.2) is 48.2 Å². The van der Waals surface area contributed by atoms with Crippen LogP contribution in [0.1, 0.15) is 67.9 Å². The number of aryl methyl sites for hydroxylation is 1. The van der Waals surface area contributed by atoms with Gasteiger partial charge in [-0.2, -0.15) is 0 Å². The van der Waals surface area contributed by atoms with Crippen LogP contribution < -0.4 is 10.2 Å². The minimum atomic E-state index is 0. The molecule has 0 aromatic heterocycles. The zero-order chi connectivity index (χ0) is 17.3. The minimum absolute atomic E-state index is 0. The number of hydrogen-bond acceptors (Lipinski definition) is 3. The third-order valence-corrected chi connectivity index (χ3v) is 5.68. The number of nitrogens with one attached hydrogen (secondary N) is 1. The van der Waals surface area contributed by atoms with Gasteiger partial charge in [0, 0.05) is 49.0 Å². The van der Waals surface area contributed by atoms with E-state index < -0.39 is 0 Å². The van der Waals surface area contributed by atoms with Crippen LogP contribution in [-0.2, 0) is 6.42 Å². The summed E-state index contributed by atoms with van der Waals surface area (Å²) in [5.74, 6) is 0. The molecule has 3 heterocycles. The summed E-state index contributed by atoms with van der Waals surface area (Å²) in [7, 11) is 0. The molecule has 3 nitrogen and oxygen atoms in total. The SMILES string of the molecule is C.C.CC(C)(C)N1CCCc2ccccc21.CC(C)N1C[C@H]2C[C@@H]1CN2. The van der Waals surface area contributed by atoms with E-state index in [4.69, 9.17) is 0 Å². The van der Waals surface area contributed by atoms with Gasteiger partial charge in [-0.1, -0.05) is 33.1 Å². The monoisotopic (exact) mass is 361 g/mol. The number of fused-ring (bicyclic) bond motifs is 3. The van der Waals surface area contributed by atoms with Gasteiger partial charge < -0.3 is 10.2 Å². The zero-order valence-electron chi connectivity index (χ0n) is 16.2. The molecule has 2 atom stereocenters. The first-order valence-electron chi connectivity index (χ1n) is 9.71. The molecule has 2 saturated heterocycles. The van der Waals surface area contributed by atoms with Gasteiger partial charge in [0.1, 0.15) is 0 Å². The van der Waals surface area contributed by atoms with Crippen molar-refractivity contribution in [3.05, 3.63) is 29.8 Å². The molecule has 4 rings (SSSR count). The van der Waals surface area contributed by atoms with Gasteiger partial charge in [0.05, 0.1) is 0 Å². The predicted molar refractivity (Wildman–Crippen MR) is 117 cm³/mol. The molecule has 2 bridgehead atoms. The Kier molecular flexibility index (Phi) is 8.16. The number of hydrogen-bond donors (Lipinski definition) is 1. The molecule has 150 valence electrons. The molecular weight excluding hydrogens is 318 g/mol. The molecule has 0 spiro atoms. The fourth-order valence-electron chi connectivity index (χ4n) is 4.46. The summed E-state index contributed by atoms with van der Waals surface area (Å²) in [5.41, 5.74) is 3.19. The topological polar surface area (TPSA) is 18.5 Å². The van der Waals surface area contributed by atoms with Gasteiger partial charge in [-0.25, -0.2) is 0 Å². The van der Waals surface area contributed by atoms with E-state index >= 15 is 0 Å². The molecule has 1 N–H and O–H groups in total. The Morgan fingerprint density at radius 3 is 2.31 bits per heavy atom. The van der Waals surface area contributed by atoms with E-state index in [1.54, 1.807) is 0 Å². The van der Waals surface area contributed by atoms with Gasteiger partial charge in [-0.05, 0) is 65.5 Å². The molecule has 3 aliphatic rings. The molecule has 3 aliphatic heterocycles. The summed E-state index contributed by atoms with van der Waals surface area (Å²) in [6.07, 6.45) is 3.91. The van der Waals surface area contributed by atoms with Gasteiger partial charge in [0.25, 0.3) is 0 Å². The maximum absolute atomic E-state index is 3.50. The van der Waals surface area contributed by atoms with E-state index in [0.717, 1.165) is 18.1 Å². The zero-order valence-corrected chi connectivity index (χ0v) is 16.2. The molecule has 1 aromatic carbocycles. The van der Waals surface area contributed by atoms with E-state index in [-0.39, 0.29) is 20.4 Å². The number of nitrogens with zero attached hydrogens (tertiary/aromatic N) is 2. The highest BCUT2D eigenvalue weighted by atomic mass is 15.3. The molecule has 0 aliphatic carbocycles. The van der Waals surface area contributed by atoms with Gasteiger partial charge >= 0.3 is 0 Å². The van der Waals surface area contributed by atoms with Gasteiger partial charge in [0.2, 0.25) is 0 Å². The number of anilines is 1. The second-order valence-electron chi connectivity index (χ2n) is 8.84. The van der Waals surface area contributed by atoms with Crippen molar-refractivity contribution >= 4 is 5.69 Å². The van der Waals surface area contributed by atoms with Crippen molar-refractivity contribution in [2.24, 2.45) is 0 Å². The van der Waals surface area contributed by atoms with Crippen molar-refractivity contribution in [1.29, 1.82) is 0 Å². The number of benzene rings is 1. The summed E-state index contributed by atoms with van der Waals surface area (Å²) in [6.45, 7) is 15.1. The van der Waals surface area contributed by atoms with E-state index in [0.29, 0.717) is 0 Å². The lowest BCUT2D eigenvalue weighted by molar-refractivity contribution is 0.181. The second-order valence-corrected chi connectivity index (χ2v) is 8.84. The van der Waals surface area contributed by atoms with E-state index in [1.807, 2.05) is 0 Å². The third kappa shape index (κ3) is 5.01. The highest BCUT2D eigenvalue weighted by Gasteiger charge is 2.38. The normalized spacial score (nSPS) is 24.3. The van der Waals surface area contributed by atoms with Crippen LogP contribution in [0.3, 0.4) is 0 Å². The van der Waals surface area contributed by atoms with Crippen LogP contribution in [0.15, 0.2) is 24.3 Å². The van der Waals surface area contributed by atoms with Crippen molar-refractivity contribution in [3.8, 4) is 0 Å². The lowest BCUT2D eigenvalue weighted by Gasteiger charge is -2.41. The Morgan fingerprint density at radius 1 is 1.12 bits per heavy atom. The van der Waals surface area contributed by atoms with E-state index in [2.05, 4.69) is 74.0 Å². The van der Waals surface area contributed by atoms with Gasteiger partial charge in [0.15, 0.2) is 0 Å². The summed E-state index contributed by atoms with van der Waals surface area (Å²) < 4.78 is 0. The largest absolute Gasteiger partial charge is 0.366 e. The summed E-state index contributed by atoms with van der Waals surface area (Å²) in [6, 6.07) is 11.2. The van der Waals surface area contributed by atoms with Crippen LogP contribution in [0.4, 0.5) is 5.69 Å². The average molecular weight is 362 g/mol. The van der Waals surface area contributed by atoms with Crippen LogP contribution in [0, 0.1) is 0 Å². The lowest BCUT2D eigenvalue weighted by Crippen LogP contribution is -2.46. The quantitative estimate of drug-likeness (QED) is 0.763. The van der Waals surface area contributed by atoms with Crippen LogP contribution in [0.25, 0.3) is 0 Å². The molecule has 26 heavy (non-hydrogen) atoms. The number of rotatable bonds is 1. The molecule has 0 saturated carbocycles.